The average Bonchev–Trinajstić information content (AvgIpc) is 3.43. The lowest BCUT2D eigenvalue weighted by molar-refractivity contribution is -0.141. The molecular weight excluding hydrogens is 541 g/mol. The van der Waals surface area contributed by atoms with Gasteiger partial charge in [-0.05, 0) is 37.3 Å². The van der Waals surface area contributed by atoms with Gasteiger partial charge in [0.05, 0.1) is 17.4 Å². The summed E-state index contributed by atoms with van der Waals surface area (Å²) < 4.78 is 68.6. The number of hydrogen-bond donors (Lipinski definition) is 3. The first-order valence-corrected chi connectivity index (χ1v) is 12.9. The van der Waals surface area contributed by atoms with E-state index in [9.17, 15) is 31.2 Å². The number of carbonyl (C=O) groups excluding carboxylic acids is 2. The molecule has 16 heteroatoms. The maximum absolute atomic E-state index is 12.9. The summed E-state index contributed by atoms with van der Waals surface area (Å²) in [5.41, 5.74) is -0.280. The topological polar surface area (TPSA) is 153 Å². The molecule has 0 saturated carbocycles. The molecule has 0 bridgehead atoms. The molecule has 3 heterocycles. The number of benzene rings is 1. The molecule has 39 heavy (non-hydrogen) atoms. The third kappa shape index (κ3) is 6.58. The third-order valence-electron chi connectivity index (χ3n) is 5.61. The van der Waals surface area contributed by atoms with E-state index < -0.39 is 39.4 Å². The molecule has 2 amide bonds. The molecule has 3 aromatic heterocycles. The molecule has 0 spiro atoms. The lowest BCUT2D eigenvalue weighted by Gasteiger charge is -2.08. The molecule has 0 radical (unpaired) electrons. The van der Waals surface area contributed by atoms with Gasteiger partial charge in [-0.15, -0.1) is 0 Å². The van der Waals surface area contributed by atoms with Gasteiger partial charge in [0.25, 0.3) is 5.91 Å². The zero-order valence-corrected chi connectivity index (χ0v) is 21.5. The van der Waals surface area contributed by atoms with Crippen molar-refractivity contribution in [2.45, 2.75) is 24.5 Å². The zero-order valence-electron chi connectivity index (χ0n) is 20.7. The van der Waals surface area contributed by atoms with Crippen LogP contribution in [0.5, 0.6) is 0 Å². The van der Waals surface area contributed by atoms with Gasteiger partial charge in [-0.1, -0.05) is 6.07 Å². The van der Waals surface area contributed by atoms with Crippen molar-refractivity contribution in [2.75, 3.05) is 18.4 Å². The van der Waals surface area contributed by atoms with Crippen LogP contribution in [0.2, 0.25) is 0 Å². The smallest absolute Gasteiger partial charge is 0.353 e. The number of aromatic nitrogens is 5. The van der Waals surface area contributed by atoms with E-state index in [1.165, 1.54) is 27.7 Å². The molecule has 206 valence electrons. The van der Waals surface area contributed by atoms with E-state index in [2.05, 4.69) is 30.5 Å². The molecule has 0 saturated heterocycles. The largest absolute Gasteiger partial charge is 0.433 e. The summed E-state index contributed by atoms with van der Waals surface area (Å²) in [4.78, 5) is 28.1. The predicted octanol–water partition coefficient (Wildman–Crippen LogP) is 1.84. The Labute approximate surface area is 220 Å². The highest BCUT2D eigenvalue weighted by Gasteiger charge is 2.33. The van der Waals surface area contributed by atoms with Crippen molar-refractivity contribution >= 4 is 38.4 Å². The highest BCUT2D eigenvalue weighted by Crippen LogP contribution is 2.27. The van der Waals surface area contributed by atoms with Crippen molar-refractivity contribution in [3.63, 3.8) is 0 Å². The van der Waals surface area contributed by atoms with Crippen LogP contribution in [0.25, 0.3) is 10.9 Å². The zero-order chi connectivity index (χ0) is 28.4. The fourth-order valence-corrected chi connectivity index (χ4v) is 4.79. The number of hydrogen-bond acceptors (Lipinski definition) is 7. The van der Waals surface area contributed by atoms with Crippen LogP contribution in [0.1, 0.15) is 21.9 Å². The number of halogens is 3. The van der Waals surface area contributed by atoms with Crippen LogP contribution in [0, 0.1) is 6.92 Å². The van der Waals surface area contributed by atoms with Gasteiger partial charge in [-0.2, -0.15) is 23.4 Å². The number of nitrogens with zero attached hydrogens (tertiary/aromatic N) is 5. The normalized spacial score (nSPS) is 12.0. The molecule has 0 atom stereocenters. The van der Waals surface area contributed by atoms with E-state index in [4.69, 9.17) is 0 Å². The lowest BCUT2D eigenvalue weighted by Crippen LogP contribution is -2.36. The Morgan fingerprint density at radius 2 is 1.87 bits per heavy atom. The van der Waals surface area contributed by atoms with Crippen LogP contribution in [-0.4, -0.2) is 57.9 Å². The first-order valence-electron chi connectivity index (χ1n) is 11.4. The van der Waals surface area contributed by atoms with Gasteiger partial charge in [0.15, 0.2) is 0 Å². The standard InChI is InChI=1S/C23H23F3N8O4S/c1-14-19(11-28-33(14)2)39(37,38)29-9-8-27-21(35)13-34-12-15-10-16(6-7-17(15)32-34)30-22(36)18-4-3-5-20(31-18)23(24,25)26/h3-7,10-12,29H,8-9,13H2,1-2H3,(H,27,35)(H,30,36). The molecule has 0 fully saturated rings. The van der Waals surface area contributed by atoms with E-state index in [1.807, 2.05) is 0 Å². The minimum Gasteiger partial charge on any atom is -0.353 e. The van der Waals surface area contributed by atoms with E-state index in [0.29, 0.717) is 22.3 Å². The minimum absolute atomic E-state index is 0.0344. The van der Waals surface area contributed by atoms with Crippen molar-refractivity contribution in [2.24, 2.45) is 7.05 Å². The Morgan fingerprint density at radius 3 is 2.56 bits per heavy atom. The number of fused-ring (bicyclic) bond motifs is 1. The second kappa shape index (κ2) is 10.8. The van der Waals surface area contributed by atoms with Crippen LogP contribution in [-0.2, 0) is 34.6 Å². The monoisotopic (exact) mass is 564 g/mol. The molecule has 3 N–H and O–H groups in total. The summed E-state index contributed by atoms with van der Waals surface area (Å²) in [5, 5.41) is 13.8. The van der Waals surface area contributed by atoms with Gasteiger partial charge in [0, 0.05) is 37.4 Å². The number of amides is 2. The second-order valence-electron chi connectivity index (χ2n) is 8.43. The Balaban J connectivity index is 1.31. The first kappa shape index (κ1) is 27.7. The fourth-order valence-electron chi connectivity index (χ4n) is 3.56. The number of pyridine rings is 1. The summed E-state index contributed by atoms with van der Waals surface area (Å²) in [6, 6.07) is 7.69. The minimum atomic E-state index is -4.68. The van der Waals surface area contributed by atoms with E-state index in [1.54, 1.807) is 32.3 Å². The van der Waals surface area contributed by atoms with Crippen molar-refractivity contribution in [1.29, 1.82) is 0 Å². The molecule has 0 aliphatic carbocycles. The van der Waals surface area contributed by atoms with Crippen LogP contribution in [0.15, 0.2) is 53.7 Å². The molecule has 12 nitrogen and oxygen atoms in total. The van der Waals surface area contributed by atoms with Crippen molar-refractivity contribution in [1.82, 2.24) is 34.6 Å². The summed E-state index contributed by atoms with van der Waals surface area (Å²) in [6.45, 7) is 1.48. The molecular formula is C23H23F3N8O4S. The number of alkyl halides is 3. The van der Waals surface area contributed by atoms with Crippen LogP contribution >= 0.6 is 0 Å². The molecule has 0 aliphatic rings. The maximum Gasteiger partial charge on any atom is 0.433 e. The molecule has 4 aromatic rings. The summed E-state index contributed by atoms with van der Waals surface area (Å²) in [7, 11) is -2.14. The van der Waals surface area contributed by atoms with Gasteiger partial charge in [-0.25, -0.2) is 18.1 Å². The quantitative estimate of drug-likeness (QED) is 0.262. The highest BCUT2D eigenvalue weighted by molar-refractivity contribution is 7.89. The SMILES string of the molecule is Cc1c(S(=O)(=O)NCCNC(=O)Cn2cc3cc(NC(=O)c4cccc(C(F)(F)F)n4)ccc3n2)cnn1C. The lowest BCUT2D eigenvalue weighted by atomic mass is 10.2. The summed E-state index contributed by atoms with van der Waals surface area (Å²) >= 11 is 0. The summed E-state index contributed by atoms with van der Waals surface area (Å²) in [5.74, 6) is -1.23. The van der Waals surface area contributed by atoms with Crippen molar-refractivity contribution < 1.29 is 31.2 Å². The van der Waals surface area contributed by atoms with E-state index in [0.717, 1.165) is 12.1 Å². The van der Waals surface area contributed by atoms with Crippen LogP contribution < -0.4 is 15.4 Å². The Kier molecular flexibility index (Phi) is 7.69. The molecule has 4 rings (SSSR count). The number of carbonyl (C=O) groups is 2. The highest BCUT2D eigenvalue weighted by atomic mass is 32.2. The molecule has 1 aromatic carbocycles. The van der Waals surface area contributed by atoms with Crippen molar-refractivity contribution in [3.05, 3.63) is 65.9 Å². The number of aryl methyl sites for hydroxylation is 1. The molecule has 0 aliphatic heterocycles. The van der Waals surface area contributed by atoms with Crippen molar-refractivity contribution in [3.8, 4) is 0 Å². The van der Waals surface area contributed by atoms with Gasteiger partial charge in [0.1, 0.15) is 22.8 Å². The average molecular weight is 565 g/mol. The predicted molar refractivity (Wildman–Crippen MR) is 133 cm³/mol. The number of anilines is 1. The van der Waals surface area contributed by atoms with Gasteiger partial charge < -0.3 is 10.6 Å². The third-order valence-corrected chi connectivity index (χ3v) is 7.17. The Bertz CT molecular complexity index is 1650. The van der Waals surface area contributed by atoms with E-state index >= 15 is 0 Å². The van der Waals surface area contributed by atoms with E-state index in [-0.39, 0.29) is 24.5 Å². The van der Waals surface area contributed by atoms with Crippen LogP contribution in [0.3, 0.4) is 0 Å². The fraction of sp³-hybridized carbons (Fsp3) is 0.261. The van der Waals surface area contributed by atoms with Gasteiger partial charge >= 0.3 is 6.18 Å². The Morgan fingerprint density at radius 1 is 1.10 bits per heavy atom. The maximum atomic E-state index is 12.9. The first-order chi connectivity index (χ1) is 18.3. The number of sulfonamides is 1. The number of rotatable bonds is 9. The van der Waals surface area contributed by atoms with Crippen LogP contribution in [0.4, 0.5) is 18.9 Å². The number of nitrogens with one attached hydrogen (secondary N) is 3. The second-order valence-corrected chi connectivity index (χ2v) is 10.2. The molecule has 0 unspecified atom stereocenters. The van der Waals surface area contributed by atoms with Gasteiger partial charge in [-0.3, -0.25) is 19.0 Å². The van der Waals surface area contributed by atoms with Gasteiger partial charge in [0.2, 0.25) is 15.9 Å². The Hall–Kier alpha value is -4.31. The summed E-state index contributed by atoms with van der Waals surface area (Å²) in [6.07, 6.45) is -1.87.